The van der Waals surface area contributed by atoms with Gasteiger partial charge in [-0.15, -0.1) is 16.4 Å². The minimum absolute atomic E-state index is 0.215. The third-order valence-corrected chi connectivity index (χ3v) is 6.31. The third-order valence-electron chi connectivity index (χ3n) is 4.59. The summed E-state index contributed by atoms with van der Waals surface area (Å²) in [6, 6.07) is 8.02. The molecule has 30 heavy (non-hydrogen) atoms. The number of nitrogens with one attached hydrogen (secondary N) is 1. The van der Waals surface area contributed by atoms with Crippen molar-refractivity contribution in [2.75, 3.05) is 0 Å². The number of rotatable bonds is 4. The highest BCUT2D eigenvalue weighted by atomic mass is 32.2. The van der Waals surface area contributed by atoms with Gasteiger partial charge in [-0.05, 0) is 37.6 Å². The van der Waals surface area contributed by atoms with Crippen LogP contribution in [0.25, 0.3) is 27.1 Å². The van der Waals surface area contributed by atoms with Gasteiger partial charge in [-0.1, -0.05) is 23.9 Å². The molecule has 0 radical (unpaired) electrons. The van der Waals surface area contributed by atoms with Crippen LogP contribution in [0.3, 0.4) is 0 Å². The van der Waals surface area contributed by atoms with E-state index in [-0.39, 0.29) is 11.4 Å². The van der Waals surface area contributed by atoms with Crippen LogP contribution in [0.2, 0.25) is 0 Å². The molecule has 0 unspecified atom stereocenters. The summed E-state index contributed by atoms with van der Waals surface area (Å²) in [5.74, 6) is 1.20. The Bertz CT molecular complexity index is 1450. The van der Waals surface area contributed by atoms with Crippen LogP contribution in [-0.2, 0) is 5.75 Å². The Labute approximate surface area is 178 Å². The van der Waals surface area contributed by atoms with E-state index in [0.717, 1.165) is 22.5 Å². The van der Waals surface area contributed by atoms with Crippen LogP contribution in [0.4, 0.5) is 4.39 Å². The minimum Gasteiger partial charge on any atom is -0.309 e. The molecule has 0 aliphatic rings. The van der Waals surface area contributed by atoms with Gasteiger partial charge >= 0.3 is 0 Å². The molecule has 10 heteroatoms. The van der Waals surface area contributed by atoms with Gasteiger partial charge in [0.05, 0.1) is 11.1 Å². The number of H-pyrrole nitrogens is 1. The van der Waals surface area contributed by atoms with Gasteiger partial charge < -0.3 is 4.98 Å². The number of fused-ring (bicyclic) bond motifs is 2. The van der Waals surface area contributed by atoms with E-state index in [1.807, 2.05) is 25.3 Å². The lowest BCUT2D eigenvalue weighted by molar-refractivity contribution is 0.628. The molecule has 0 atom stereocenters. The second-order valence-corrected chi connectivity index (χ2v) is 8.58. The van der Waals surface area contributed by atoms with Crippen LogP contribution in [0.15, 0.2) is 45.7 Å². The predicted molar refractivity (Wildman–Crippen MR) is 115 cm³/mol. The van der Waals surface area contributed by atoms with Crippen molar-refractivity contribution in [2.24, 2.45) is 0 Å². The van der Waals surface area contributed by atoms with Gasteiger partial charge in [-0.3, -0.25) is 4.79 Å². The number of hydrogen-bond acceptors (Lipinski definition) is 7. The molecule has 1 N–H and O–H groups in total. The van der Waals surface area contributed by atoms with Crippen LogP contribution in [0.1, 0.15) is 17.2 Å². The molecule has 0 aliphatic carbocycles. The number of thioether (sulfide) groups is 1. The average molecular weight is 439 g/mol. The second kappa shape index (κ2) is 7.29. The summed E-state index contributed by atoms with van der Waals surface area (Å²) in [6.07, 6.45) is 0. The first-order chi connectivity index (χ1) is 14.5. The van der Waals surface area contributed by atoms with Crippen LogP contribution < -0.4 is 5.56 Å². The molecule has 5 rings (SSSR count). The van der Waals surface area contributed by atoms with Crippen molar-refractivity contribution in [1.82, 2.24) is 29.5 Å². The molecule has 0 fully saturated rings. The van der Waals surface area contributed by atoms with Crippen LogP contribution in [0.5, 0.6) is 0 Å². The predicted octanol–water partition coefficient (Wildman–Crippen LogP) is 4.14. The average Bonchev–Trinajstić information content (AvgIpc) is 3.31. The number of aromatic nitrogens is 6. The highest BCUT2D eigenvalue weighted by molar-refractivity contribution is 7.98. The maximum absolute atomic E-state index is 13.2. The van der Waals surface area contributed by atoms with E-state index in [4.69, 9.17) is 0 Å². The first kappa shape index (κ1) is 18.9. The van der Waals surface area contributed by atoms with Crippen molar-refractivity contribution in [3.63, 3.8) is 0 Å². The molecule has 4 aromatic heterocycles. The van der Waals surface area contributed by atoms with Crippen molar-refractivity contribution in [3.05, 3.63) is 69.1 Å². The van der Waals surface area contributed by atoms with Gasteiger partial charge in [-0.2, -0.15) is 4.98 Å². The molecule has 150 valence electrons. The van der Waals surface area contributed by atoms with E-state index in [9.17, 15) is 9.18 Å². The number of nitrogens with zero attached hydrogens (tertiary/aromatic N) is 5. The summed E-state index contributed by atoms with van der Waals surface area (Å²) < 4.78 is 14.9. The zero-order valence-corrected chi connectivity index (χ0v) is 17.6. The lowest BCUT2D eigenvalue weighted by Crippen LogP contribution is -2.10. The molecule has 0 spiro atoms. The number of benzene rings is 1. The van der Waals surface area contributed by atoms with E-state index < -0.39 is 0 Å². The van der Waals surface area contributed by atoms with Gasteiger partial charge in [-0.25, -0.2) is 18.9 Å². The Morgan fingerprint density at radius 3 is 2.77 bits per heavy atom. The van der Waals surface area contributed by atoms with E-state index in [1.54, 1.807) is 16.6 Å². The molecule has 4 heterocycles. The number of thiophene rings is 1. The number of aromatic amines is 1. The van der Waals surface area contributed by atoms with Gasteiger partial charge in [0.25, 0.3) is 11.3 Å². The molecule has 0 saturated carbocycles. The van der Waals surface area contributed by atoms with E-state index in [1.165, 1.54) is 35.2 Å². The fourth-order valence-corrected chi connectivity index (χ4v) is 4.90. The molecule has 5 aromatic rings. The zero-order valence-electron chi connectivity index (χ0n) is 16.0. The standard InChI is InChI=1S/C20H15FN6OS2/c1-10-7-11(2)27-19(22-10)25-20(26-27)30-9-15-23-17(28)16-14(8-29-18(16)24-15)12-3-5-13(21)6-4-12/h3-8H,9H2,1-2H3,(H,23,24,28). The molecule has 1 aromatic carbocycles. The van der Waals surface area contributed by atoms with Crippen molar-refractivity contribution in [3.8, 4) is 11.1 Å². The Balaban J connectivity index is 1.44. The molecule has 0 bridgehead atoms. The zero-order chi connectivity index (χ0) is 20.8. The number of halogens is 1. The monoisotopic (exact) mass is 438 g/mol. The maximum atomic E-state index is 13.2. The Hall–Kier alpha value is -3.11. The Morgan fingerprint density at radius 2 is 1.97 bits per heavy atom. The van der Waals surface area contributed by atoms with Gasteiger partial charge in [0.2, 0.25) is 5.16 Å². The summed E-state index contributed by atoms with van der Waals surface area (Å²) in [4.78, 5) is 29.6. The summed E-state index contributed by atoms with van der Waals surface area (Å²) in [5.41, 5.74) is 3.16. The van der Waals surface area contributed by atoms with E-state index in [0.29, 0.717) is 32.7 Å². The highest BCUT2D eigenvalue weighted by Crippen LogP contribution is 2.31. The van der Waals surface area contributed by atoms with Crippen LogP contribution >= 0.6 is 23.1 Å². The molecule has 0 aliphatic heterocycles. The van der Waals surface area contributed by atoms with Gasteiger partial charge in [0.1, 0.15) is 16.5 Å². The molecule has 0 saturated heterocycles. The van der Waals surface area contributed by atoms with Crippen molar-refractivity contribution in [2.45, 2.75) is 24.8 Å². The summed E-state index contributed by atoms with van der Waals surface area (Å²) >= 11 is 2.77. The first-order valence-corrected chi connectivity index (χ1v) is 10.9. The first-order valence-electron chi connectivity index (χ1n) is 9.08. The largest absolute Gasteiger partial charge is 0.309 e. The second-order valence-electron chi connectivity index (χ2n) is 6.78. The Morgan fingerprint density at radius 1 is 1.17 bits per heavy atom. The quantitative estimate of drug-likeness (QED) is 0.424. The van der Waals surface area contributed by atoms with E-state index in [2.05, 4.69) is 25.0 Å². The topological polar surface area (TPSA) is 88.8 Å². The fourth-order valence-electron chi connectivity index (χ4n) is 3.25. The maximum Gasteiger partial charge on any atom is 0.260 e. The van der Waals surface area contributed by atoms with Crippen molar-refractivity contribution >= 4 is 39.1 Å². The molecule has 0 amide bonds. The van der Waals surface area contributed by atoms with Crippen LogP contribution in [0, 0.1) is 19.7 Å². The number of aryl methyl sites for hydroxylation is 2. The lowest BCUT2D eigenvalue weighted by atomic mass is 10.1. The van der Waals surface area contributed by atoms with Crippen molar-refractivity contribution < 1.29 is 4.39 Å². The molecule has 7 nitrogen and oxygen atoms in total. The van der Waals surface area contributed by atoms with Gasteiger partial charge in [0, 0.05) is 22.3 Å². The summed E-state index contributed by atoms with van der Waals surface area (Å²) in [5, 5.41) is 7.42. The summed E-state index contributed by atoms with van der Waals surface area (Å²) in [7, 11) is 0. The van der Waals surface area contributed by atoms with E-state index >= 15 is 0 Å². The van der Waals surface area contributed by atoms with Crippen LogP contribution in [-0.4, -0.2) is 29.5 Å². The lowest BCUT2D eigenvalue weighted by Gasteiger charge is -2.01. The van der Waals surface area contributed by atoms with Crippen molar-refractivity contribution in [1.29, 1.82) is 0 Å². The van der Waals surface area contributed by atoms with Gasteiger partial charge in [0.15, 0.2) is 0 Å². The smallest absolute Gasteiger partial charge is 0.260 e. The Kier molecular flexibility index (Phi) is 4.59. The summed E-state index contributed by atoms with van der Waals surface area (Å²) in [6.45, 7) is 3.87. The molecular weight excluding hydrogens is 423 g/mol. The minimum atomic E-state index is -0.314. The number of hydrogen-bond donors (Lipinski definition) is 1. The molecular formula is C20H15FN6OS2. The highest BCUT2D eigenvalue weighted by Gasteiger charge is 2.14. The fraction of sp³-hybridized carbons (Fsp3) is 0.150. The SMILES string of the molecule is Cc1cc(C)n2nc(SCc3nc4scc(-c5ccc(F)cc5)c4c(=O)[nH]3)nc2n1. The normalized spacial score (nSPS) is 11.6. The third kappa shape index (κ3) is 3.37.